The van der Waals surface area contributed by atoms with Gasteiger partial charge in [-0.1, -0.05) is 56.3 Å². The second-order valence-corrected chi connectivity index (χ2v) is 5.93. The highest BCUT2D eigenvalue weighted by atomic mass is 16.5. The molecular formula is C19H24O2. The van der Waals surface area contributed by atoms with Crippen molar-refractivity contribution in [2.45, 2.75) is 33.3 Å². The predicted molar refractivity (Wildman–Crippen MR) is 86.6 cm³/mol. The van der Waals surface area contributed by atoms with Crippen molar-refractivity contribution in [3.05, 3.63) is 65.2 Å². The molecule has 0 aliphatic heterocycles. The van der Waals surface area contributed by atoms with Crippen LogP contribution in [0.1, 0.15) is 36.6 Å². The van der Waals surface area contributed by atoms with Crippen molar-refractivity contribution in [3.63, 3.8) is 0 Å². The lowest BCUT2D eigenvalue weighted by molar-refractivity contribution is 0.108. The summed E-state index contributed by atoms with van der Waals surface area (Å²) in [5.41, 5.74) is 3.29. The highest BCUT2D eigenvalue weighted by Gasteiger charge is 2.09. The van der Waals surface area contributed by atoms with Crippen LogP contribution in [0.4, 0.5) is 0 Å². The van der Waals surface area contributed by atoms with E-state index < -0.39 is 6.10 Å². The molecule has 112 valence electrons. The van der Waals surface area contributed by atoms with Crippen LogP contribution in [0.15, 0.2) is 48.5 Å². The van der Waals surface area contributed by atoms with E-state index in [9.17, 15) is 5.11 Å². The van der Waals surface area contributed by atoms with Crippen LogP contribution in [0.5, 0.6) is 5.75 Å². The third kappa shape index (κ3) is 4.61. The first-order valence-corrected chi connectivity index (χ1v) is 7.51. The summed E-state index contributed by atoms with van der Waals surface area (Å²) in [6.07, 6.45) is 0.466. The SMILES string of the molecule is Cc1ccccc1OCC(O)c1ccc(CC(C)C)cc1. The number of para-hydroxylation sites is 1. The lowest BCUT2D eigenvalue weighted by Crippen LogP contribution is -2.10. The Morgan fingerprint density at radius 2 is 1.67 bits per heavy atom. The van der Waals surface area contributed by atoms with Crippen LogP contribution < -0.4 is 4.74 Å². The third-order valence-electron chi connectivity index (χ3n) is 3.50. The molecule has 1 unspecified atom stereocenters. The normalized spacial score (nSPS) is 12.4. The topological polar surface area (TPSA) is 29.5 Å². The van der Waals surface area contributed by atoms with Gasteiger partial charge in [0.2, 0.25) is 0 Å². The summed E-state index contributed by atoms with van der Waals surface area (Å²) in [6.45, 7) is 6.69. The van der Waals surface area contributed by atoms with Crippen LogP contribution in [-0.2, 0) is 6.42 Å². The second-order valence-electron chi connectivity index (χ2n) is 5.93. The van der Waals surface area contributed by atoms with E-state index in [1.165, 1.54) is 5.56 Å². The monoisotopic (exact) mass is 284 g/mol. The second kappa shape index (κ2) is 7.28. The number of ether oxygens (including phenoxy) is 1. The average Bonchev–Trinajstić information content (AvgIpc) is 2.46. The van der Waals surface area contributed by atoms with Crippen LogP contribution in [-0.4, -0.2) is 11.7 Å². The molecule has 0 aliphatic rings. The molecule has 0 radical (unpaired) electrons. The summed E-state index contributed by atoms with van der Waals surface area (Å²) in [4.78, 5) is 0. The van der Waals surface area contributed by atoms with Gasteiger partial charge in [0.15, 0.2) is 0 Å². The molecule has 0 aromatic heterocycles. The molecule has 0 bridgehead atoms. The van der Waals surface area contributed by atoms with E-state index in [1.54, 1.807) is 0 Å². The Balaban J connectivity index is 1.94. The molecule has 1 atom stereocenters. The minimum absolute atomic E-state index is 0.272. The van der Waals surface area contributed by atoms with Crippen molar-refractivity contribution in [3.8, 4) is 5.75 Å². The summed E-state index contributed by atoms with van der Waals surface area (Å²) >= 11 is 0. The highest BCUT2D eigenvalue weighted by Crippen LogP contribution is 2.20. The standard InChI is InChI=1S/C19H24O2/c1-14(2)12-16-8-10-17(11-9-16)18(20)13-21-19-7-5-4-6-15(19)3/h4-11,14,18,20H,12-13H2,1-3H3. The Morgan fingerprint density at radius 3 is 2.29 bits per heavy atom. The van der Waals surface area contributed by atoms with Gasteiger partial charge in [-0.25, -0.2) is 0 Å². The van der Waals surface area contributed by atoms with Crippen molar-refractivity contribution in [2.75, 3.05) is 6.61 Å². The number of aryl methyl sites for hydroxylation is 1. The van der Waals surface area contributed by atoms with E-state index in [2.05, 4.69) is 26.0 Å². The molecule has 2 aromatic carbocycles. The van der Waals surface area contributed by atoms with Gasteiger partial charge in [0.1, 0.15) is 18.5 Å². The summed E-state index contributed by atoms with van der Waals surface area (Å²) in [6, 6.07) is 16.0. The zero-order valence-electron chi connectivity index (χ0n) is 13.0. The highest BCUT2D eigenvalue weighted by molar-refractivity contribution is 5.32. The first kappa shape index (κ1) is 15.6. The minimum atomic E-state index is -0.599. The Kier molecular flexibility index (Phi) is 5.40. The largest absolute Gasteiger partial charge is 0.490 e. The zero-order chi connectivity index (χ0) is 15.2. The number of hydrogen-bond donors (Lipinski definition) is 1. The first-order chi connectivity index (χ1) is 10.1. The van der Waals surface area contributed by atoms with Gasteiger partial charge >= 0.3 is 0 Å². The number of rotatable bonds is 6. The Hall–Kier alpha value is -1.80. The maximum atomic E-state index is 10.2. The summed E-state index contributed by atoms with van der Waals surface area (Å²) in [7, 11) is 0. The molecule has 0 saturated carbocycles. The fourth-order valence-electron chi connectivity index (χ4n) is 2.33. The van der Waals surface area contributed by atoms with E-state index in [0.29, 0.717) is 5.92 Å². The van der Waals surface area contributed by atoms with Crippen LogP contribution in [0, 0.1) is 12.8 Å². The third-order valence-corrected chi connectivity index (χ3v) is 3.50. The molecule has 21 heavy (non-hydrogen) atoms. The Morgan fingerprint density at radius 1 is 1.00 bits per heavy atom. The zero-order valence-corrected chi connectivity index (χ0v) is 13.0. The smallest absolute Gasteiger partial charge is 0.122 e. The number of aliphatic hydroxyl groups is 1. The van der Waals surface area contributed by atoms with Crippen LogP contribution in [0.2, 0.25) is 0 Å². The van der Waals surface area contributed by atoms with Gasteiger partial charge < -0.3 is 9.84 Å². The molecule has 2 rings (SSSR count). The molecule has 0 aliphatic carbocycles. The summed E-state index contributed by atoms with van der Waals surface area (Å²) in [5, 5.41) is 10.2. The van der Waals surface area contributed by atoms with Gasteiger partial charge in [-0.2, -0.15) is 0 Å². The maximum absolute atomic E-state index is 10.2. The number of hydrogen-bond acceptors (Lipinski definition) is 2. The Bertz CT molecular complexity index is 558. The minimum Gasteiger partial charge on any atom is -0.490 e. The molecule has 0 heterocycles. The van der Waals surface area contributed by atoms with Crippen LogP contribution in [0.3, 0.4) is 0 Å². The van der Waals surface area contributed by atoms with Crippen molar-refractivity contribution < 1.29 is 9.84 Å². The van der Waals surface area contributed by atoms with Crippen molar-refractivity contribution in [1.29, 1.82) is 0 Å². The maximum Gasteiger partial charge on any atom is 0.122 e. The molecule has 2 aromatic rings. The molecule has 0 spiro atoms. The van der Waals surface area contributed by atoms with Gasteiger partial charge in [-0.05, 0) is 42.0 Å². The fraction of sp³-hybridized carbons (Fsp3) is 0.368. The molecule has 0 amide bonds. The molecule has 0 fully saturated rings. The van der Waals surface area contributed by atoms with E-state index >= 15 is 0 Å². The summed E-state index contributed by atoms with van der Waals surface area (Å²) < 4.78 is 5.70. The van der Waals surface area contributed by atoms with E-state index in [-0.39, 0.29) is 6.61 Å². The quantitative estimate of drug-likeness (QED) is 0.856. The van der Waals surface area contributed by atoms with Gasteiger partial charge in [0, 0.05) is 0 Å². The fourth-order valence-corrected chi connectivity index (χ4v) is 2.33. The van der Waals surface area contributed by atoms with Gasteiger partial charge in [0.25, 0.3) is 0 Å². The van der Waals surface area contributed by atoms with Crippen molar-refractivity contribution in [1.82, 2.24) is 0 Å². The van der Waals surface area contributed by atoms with Gasteiger partial charge in [-0.3, -0.25) is 0 Å². The molecule has 0 saturated heterocycles. The lowest BCUT2D eigenvalue weighted by Gasteiger charge is -2.15. The molecular weight excluding hydrogens is 260 g/mol. The average molecular weight is 284 g/mol. The lowest BCUT2D eigenvalue weighted by atomic mass is 10.0. The number of aliphatic hydroxyl groups excluding tert-OH is 1. The van der Waals surface area contributed by atoms with Crippen LogP contribution >= 0.6 is 0 Å². The van der Waals surface area contributed by atoms with Crippen molar-refractivity contribution >= 4 is 0 Å². The van der Waals surface area contributed by atoms with Crippen molar-refractivity contribution in [2.24, 2.45) is 5.92 Å². The summed E-state index contributed by atoms with van der Waals surface area (Å²) in [5.74, 6) is 1.47. The molecule has 2 heteroatoms. The predicted octanol–water partition coefficient (Wildman–Crippen LogP) is 4.31. The molecule has 2 nitrogen and oxygen atoms in total. The first-order valence-electron chi connectivity index (χ1n) is 7.51. The van der Waals surface area contributed by atoms with E-state index in [4.69, 9.17) is 4.74 Å². The Labute approximate surface area is 127 Å². The van der Waals surface area contributed by atoms with Crippen LogP contribution in [0.25, 0.3) is 0 Å². The van der Waals surface area contributed by atoms with E-state index in [1.807, 2.05) is 43.3 Å². The van der Waals surface area contributed by atoms with E-state index in [0.717, 1.165) is 23.3 Å². The van der Waals surface area contributed by atoms with Gasteiger partial charge in [0.05, 0.1) is 0 Å². The van der Waals surface area contributed by atoms with Gasteiger partial charge in [-0.15, -0.1) is 0 Å². The molecule has 1 N–H and O–H groups in total. The number of benzene rings is 2.